The summed E-state index contributed by atoms with van der Waals surface area (Å²) < 4.78 is 11.0. The van der Waals surface area contributed by atoms with Crippen molar-refractivity contribution in [1.82, 2.24) is 5.06 Å². The Labute approximate surface area is 188 Å². The number of halogens is 1. The van der Waals surface area contributed by atoms with Gasteiger partial charge in [0.2, 0.25) is 6.29 Å². The van der Waals surface area contributed by atoms with Gasteiger partial charge in [-0.2, -0.15) is 0 Å². The van der Waals surface area contributed by atoms with Gasteiger partial charge in [0, 0.05) is 13.0 Å². The Balaban J connectivity index is 2.03. The Morgan fingerprint density at radius 3 is 2.20 bits per heavy atom. The van der Waals surface area contributed by atoms with Gasteiger partial charge in [-0.3, -0.25) is 0 Å². The molecule has 0 saturated carbocycles. The molecule has 0 N–H and O–H groups in total. The molecule has 0 aliphatic carbocycles. The minimum absolute atomic E-state index is 0.240. The summed E-state index contributed by atoms with van der Waals surface area (Å²) >= 11 is 3.82. The molecule has 30 heavy (non-hydrogen) atoms. The molecule has 2 aliphatic heterocycles. The Morgan fingerprint density at radius 2 is 1.67 bits per heavy atom. The van der Waals surface area contributed by atoms with Crippen LogP contribution in [0.3, 0.4) is 0 Å². The van der Waals surface area contributed by atoms with E-state index in [1.807, 2.05) is 49.2 Å². The van der Waals surface area contributed by atoms with Crippen molar-refractivity contribution in [2.24, 2.45) is 0 Å². The largest absolute Gasteiger partial charge is 0.467 e. The van der Waals surface area contributed by atoms with Crippen LogP contribution >= 0.6 is 15.9 Å². The third-order valence-corrected chi connectivity index (χ3v) is 7.23. The lowest BCUT2D eigenvalue weighted by Crippen LogP contribution is -2.59. The van der Waals surface area contributed by atoms with Crippen molar-refractivity contribution in [3.8, 4) is 0 Å². The zero-order valence-corrected chi connectivity index (χ0v) is 20.7. The highest BCUT2D eigenvalue weighted by Gasteiger charge is 2.52. The molecule has 5 nitrogen and oxygen atoms in total. The van der Waals surface area contributed by atoms with Gasteiger partial charge in [0.15, 0.2) is 0 Å². The lowest BCUT2D eigenvalue weighted by atomic mass is 9.78. The highest BCUT2D eigenvalue weighted by Crippen LogP contribution is 2.50. The average molecular weight is 480 g/mol. The number of alkyl halides is 1. The summed E-state index contributed by atoms with van der Waals surface area (Å²) in [4.78, 5) is 19.8. The predicted octanol–water partition coefficient (Wildman–Crippen LogP) is 5.70. The van der Waals surface area contributed by atoms with Crippen molar-refractivity contribution in [1.29, 1.82) is 0 Å². The molecule has 6 heteroatoms. The van der Waals surface area contributed by atoms with Gasteiger partial charge >= 0.3 is 5.97 Å². The molecule has 1 aromatic rings. The zero-order valence-electron chi connectivity index (χ0n) is 19.1. The van der Waals surface area contributed by atoms with Crippen molar-refractivity contribution in [2.45, 2.75) is 88.4 Å². The van der Waals surface area contributed by atoms with Gasteiger partial charge in [-0.15, -0.1) is 5.06 Å². The third-order valence-electron chi connectivity index (χ3n) is 6.39. The van der Waals surface area contributed by atoms with E-state index in [4.69, 9.17) is 14.3 Å². The van der Waals surface area contributed by atoms with E-state index in [0.29, 0.717) is 11.3 Å². The quantitative estimate of drug-likeness (QED) is 0.518. The number of benzene rings is 1. The number of allylic oxidation sites excluding steroid dienone is 1. The molecule has 1 fully saturated rings. The number of ether oxygens (including phenoxy) is 2. The molecule has 3 unspecified atom stereocenters. The highest BCUT2D eigenvalue weighted by molar-refractivity contribution is 9.10. The number of carbonyl (C=O) groups is 1. The standard InChI is InChI=1S/C24H34BrNO4/c1-16-18(20(27)30-26-22(2,3)14-11-15-23(26,4)5)19(17-12-9-8-10-13-17)24(6,25)21(28-7)29-16/h8-10,12-13,19,21H,11,14-15H2,1-7H3. The smallest absolute Gasteiger partial charge is 0.357 e. The Bertz CT molecular complexity index is 800. The lowest BCUT2D eigenvalue weighted by molar-refractivity contribution is -0.263. The van der Waals surface area contributed by atoms with Crippen LogP contribution in [0.2, 0.25) is 0 Å². The first-order valence-electron chi connectivity index (χ1n) is 10.6. The molecule has 1 aromatic carbocycles. The molecule has 1 saturated heterocycles. The summed E-state index contributed by atoms with van der Waals surface area (Å²) in [5.41, 5.74) is 1.05. The van der Waals surface area contributed by atoms with Gasteiger partial charge in [0.25, 0.3) is 0 Å². The second-order valence-corrected chi connectivity index (χ2v) is 11.5. The second kappa shape index (κ2) is 8.29. The molecule has 0 amide bonds. The summed E-state index contributed by atoms with van der Waals surface area (Å²) in [5, 5.41) is 1.89. The van der Waals surface area contributed by atoms with Crippen molar-refractivity contribution in [2.75, 3.05) is 7.11 Å². The molecule has 0 radical (unpaired) electrons. The number of carbonyl (C=O) groups excluding carboxylic acids is 1. The predicted molar refractivity (Wildman–Crippen MR) is 121 cm³/mol. The van der Waals surface area contributed by atoms with Crippen LogP contribution in [-0.4, -0.2) is 39.8 Å². The van der Waals surface area contributed by atoms with Gasteiger partial charge in [-0.1, -0.05) is 46.3 Å². The minimum atomic E-state index is -0.649. The van der Waals surface area contributed by atoms with Crippen molar-refractivity contribution >= 4 is 21.9 Å². The van der Waals surface area contributed by atoms with Crippen LogP contribution < -0.4 is 0 Å². The van der Waals surface area contributed by atoms with Crippen LogP contribution in [0.25, 0.3) is 0 Å². The van der Waals surface area contributed by atoms with E-state index in [2.05, 4.69) is 43.6 Å². The minimum Gasteiger partial charge on any atom is -0.467 e. The van der Waals surface area contributed by atoms with Crippen LogP contribution in [0, 0.1) is 0 Å². The molecule has 166 valence electrons. The number of rotatable bonds is 4. The van der Waals surface area contributed by atoms with E-state index in [0.717, 1.165) is 24.8 Å². The summed E-state index contributed by atoms with van der Waals surface area (Å²) in [6, 6.07) is 9.97. The first-order chi connectivity index (χ1) is 13.9. The summed E-state index contributed by atoms with van der Waals surface area (Å²) in [6.45, 7) is 12.3. The average Bonchev–Trinajstić information content (AvgIpc) is 2.66. The van der Waals surface area contributed by atoms with Crippen molar-refractivity contribution < 1.29 is 19.1 Å². The molecule has 2 heterocycles. The first kappa shape index (κ1) is 23.3. The molecule has 2 aliphatic rings. The van der Waals surface area contributed by atoms with Crippen LogP contribution in [0.15, 0.2) is 41.7 Å². The van der Waals surface area contributed by atoms with E-state index in [-0.39, 0.29) is 23.0 Å². The van der Waals surface area contributed by atoms with Crippen LogP contribution in [0.4, 0.5) is 0 Å². The number of nitrogens with zero attached hydrogens (tertiary/aromatic N) is 1. The Hall–Kier alpha value is -1.37. The fourth-order valence-corrected chi connectivity index (χ4v) is 5.77. The number of piperidine rings is 1. The van der Waals surface area contributed by atoms with Crippen LogP contribution in [0.5, 0.6) is 0 Å². The Morgan fingerprint density at radius 1 is 1.10 bits per heavy atom. The van der Waals surface area contributed by atoms with Gasteiger partial charge in [-0.05, 0) is 66.4 Å². The monoisotopic (exact) mass is 479 g/mol. The fourth-order valence-electron chi connectivity index (χ4n) is 4.99. The van der Waals surface area contributed by atoms with E-state index in [1.54, 1.807) is 7.11 Å². The number of hydrogen-bond donors (Lipinski definition) is 0. The number of hydroxylamine groups is 2. The fraction of sp³-hybridized carbons (Fsp3) is 0.625. The van der Waals surface area contributed by atoms with Crippen molar-refractivity contribution in [3.63, 3.8) is 0 Å². The van der Waals surface area contributed by atoms with Crippen LogP contribution in [0.1, 0.15) is 72.3 Å². The maximum Gasteiger partial charge on any atom is 0.357 e. The van der Waals surface area contributed by atoms with Gasteiger partial charge in [0.1, 0.15) is 5.76 Å². The summed E-state index contributed by atoms with van der Waals surface area (Å²) in [7, 11) is 1.61. The molecule has 0 bridgehead atoms. The molecular formula is C24H34BrNO4. The van der Waals surface area contributed by atoms with E-state index in [9.17, 15) is 4.79 Å². The highest BCUT2D eigenvalue weighted by atomic mass is 79.9. The van der Waals surface area contributed by atoms with E-state index in [1.165, 1.54) is 0 Å². The Kier molecular flexibility index (Phi) is 6.43. The topological polar surface area (TPSA) is 48.0 Å². The van der Waals surface area contributed by atoms with E-state index >= 15 is 0 Å². The second-order valence-electron chi connectivity index (χ2n) is 9.80. The van der Waals surface area contributed by atoms with Crippen molar-refractivity contribution in [3.05, 3.63) is 47.2 Å². The number of methoxy groups -OCH3 is 1. The SMILES string of the molecule is COC1OC(C)=C(C(=O)ON2C(C)(C)CCCC2(C)C)C(c2ccccc2)C1(C)Br. The van der Waals surface area contributed by atoms with Gasteiger partial charge in [0.05, 0.1) is 21.0 Å². The molecular weight excluding hydrogens is 446 g/mol. The van der Waals surface area contributed by atoms with Gasteiger partial charge < -0.3 is 14.3 Å². The molecule has 3 rings (SSSR count). The maximum absolute atomic E-state index is 13.7. The zero-order chi connectivity index (χ0) is 22.3. The molecule has 0 spiro atoms. The number of hydrogen-bond acceptors (Lipinski definition) is 5. The third kappa shape index (κ3) is 4.19. The molecule has 0 aromatic heterocycles. The van der Waals surface area contributed by atoms with Gasteiger partial charge in [-0.25, -0.2) is 4.79 Å². The maximum atomic E-state index is 13.7. The van der Waals surface area contributed by atoms with Crippen LogP contribution in [-0.2, 0) is 19.1 Å². The first-order valence-corrected chi connectivity index (χ1v) is 11.4. The van der Waals surface area contributed by atoms with E-state index < -0.39 is 10.6 Å². The molecule has 3 atom stereocenters. The lowest BCUT2D eigenvalue weighted by Gasteiger charge is -2.51. The summed E-state index contributed by atoms with van der Waals surface area (Å²) in [5.74, 6) is -0.129. The summed E-state index contributed by atoms with van der Waals surface area (Å²) in [6.07, 6.45) is 2.52. The normalized spacial score (nSPS) is 31.2.